The van der Waals surface area contributed by atoms with Crippen molar-refractivity contribution in [2.75, 3.05) is 91.1 Å². The highest BCUT2D eigenvalue weighted by Gasteiger charge is 2.37. The van der Waals surface area contributed by atoms with Crippen molar-refractivity contribution < 1.29 is 42.6 Å². The molecule has 1 atom stereocenters. The predicted octanol–water partition coefficient (Wildman–Crippen LogP) is 4.81. The number of piperidine rings is 3. The number of amides is 5. The number of oxazole rings is 1. The van der Waals surface area contributed by atoms with Gasteiger partial charge in [0.1, 0.15) is 0 Å². The second kappa shape index (κ2) is 22.2. The summed E-state index contributed by atoms with van der Waals surface area (Å²) in [5.41, 5.74) is 4.55. The molecule has 6 heterocycles. The highest BCUT2D eigenvalue weighted by molar-refractivity contribution is 5.91. The molecule has 354 valence electrons. The minimum atomic E-state index is -1.09. The number of urea groups is 1. The molecule has 2 aromatic carbocycles. The summed E-state index contributed by atoms with van der Waals surface area (Å²) in [5.74, 6) is -0.247. The second-order valence-corrected chi connectivity index (χ2v) is 18.1. The Morgan fingerprint density at radius 1 is 0.800 bits per heavy atom. The molecule has 3 aromatic rings. The largest absolute Gasteiger partial charge is 0.466 e. The lowest BCUT2D eigenvalue weighted by Crippen LogP contribution is -2.52. The Balaban J connectivity index is 0.000000822. The lowest BCUT2D eigenvalue weighted by Gasteiger charge is -2.41. The molecule has 1 aromatic heterocycles. The zero-order valence-corrected chi connectivity index (χ0v) is 38.6. The van der Waals surface area contributed by atoms with Crippen molar-refractivity contribution in [1.29, 1.82) is 0 Å². The molecule has 0 saturated carbocycles. The molecule has 65 heavy (non-hydrogen) atoms. The van der Waals surface area contributed by atoms with E-state index in [1.807, 2.05) is 47.1 Å². The van der Waals surface area contributed by atoms with E-state index in [0.29, 0.717) is 88.2 Å². The van der Waals surface area contributed by atoms with E-state index in [1.165, 1.54) is 4.57 Å². The Bertz CT molecular complexity index is 2190. The fourth-order valence-corrected chi connectivity index (χ4v) is 10.1. The minimum absolute atomic E-state index is 0.0169. The molecule has 4 saturated heterocycles. The van der Waals surface area contributed by atoms with Crippen LogP contribution in [0.2, 0.25) is 0 Å². The smallest absolute Gasteiger partial charge is 0.419 e. The standard InChI is InChI=1S/C43H56N6O9.C5H11NO/c1-4-56-38(51)10-9-37(50)46-18-11-30(12-19-46)31-13-20-47(21-14-31)40(52)36(27-29-25-28(2)39-35(26-29)57-42(54)45(39)3)58-43(55)48-22-16-33(17-23-48)49-24-15-32-7-5-6-8-34(32)44-41(49)53;1-6-2-4-7-5-3-6/h5-8,25-26,30-31,33,36H,4,9-24,27H2,1-3H3,(H,44,53);2-5H2,1H3/t36-;/m1./s1. The average molecular weight is 902 g/mol. The van der Waals surface area contributed by atoms with Crippen molar-refractivity contribution in [2.45, 2.75) is 90.2 Å². The molecular weight excluding hydrogens is 835 g/mol. The van der Waals surface area contributed by atoms with Gasteiger partial charge in [0.2, 0.25) is 5.91 Å². The predicted molar refractivity (Wildman–Crippen MR) is 243 cm³/mol. The number of anilines is 1. The van der Waals surface area contributed by atoms with Gasteiger partial charge in [-0.15, -0.1) is 0 Å². The van der Waals surface area contributed by atoms with Crippen LogP contribution in [-0.4, -0.2) is 157 Å². The number of carbonyl (C=O) groups excluding carboxylic acids is 5. The normalized spacial score (nSPS) is 19.7. The van der Waals surface area contributed by atoms with Gasteiger partial charge in [-0.1, -0.05) is 24.3 Å². The van der Waals surface area contributed by atoms with E-state index in [9.17, 15) is 28.8 Å². The maximum Gasteiger partial charge on any atom is 0.419 e. The van der Waals surface area contributed by atoms with Gasteiger partial charge < -0.3 is 48.4 Å². The van der Waals surface area contributed by atoms with Gasteiger partial charge in [0.05, 0.1) is 31.8 Å². The van der Waals surface area contributed by atoms with Gasteiger partial charge in [-0.05, 0) is 106 Å². The summed E-state index contributed by atoms with van der Waals surface area (Å²) in [4.78, 5) is 87.5. The summed E-state index contributed by atoms with van der Waals surface area (Å²) in [6.45, 7) is 11.7. The van der Waals surface area contributed by atoms with Crippen LogP contribution < -0.4 is 11.1 Å². The van der Waals surface area contributed by atoms with Crippen LogP contribution in [0.25, 0.3) is 11.1 Å². The van der Waals surface area contributed by atoms with E-state index in [0.717, 1.165) is 80.8 Å². The van der Waals surface area contributed by atoms with Crippen molar-refractivity contribution >= 4 is 46.7 Å². The van der Waals surface area contributed by atoms with Crippen LogP contribution in [0.1, 0.15) is 75.0 Å². The summed E-state index contributed by atoms with van der Waals surface area (Å²) in [6, 6.07) is 11.3. The maximum absolute atomic E-state index is 14.3. The van der Waals surface area contributed by atoms with Crippen LogP contribution in [0.3, 0.4) is 0 Å². The quantitative estimate of drug-likeness (QED) is 0.277. The summed E-state index contributed by atoms with van der Waals surface area (Å²) in [7, 11) is 3.76. The third-order valence-electron chi connectivity index (χ3n) is 13.9. The number of likely N-dealkylation sites (tertiary alicyclic amines) is 3. The zero-order valence-electron chi connectivity index (χ0n) is 38.6. The number of aromatic nitrogens is 1. The first-order chi connectivity index (χ1) is 31.4. The molecular formula is C48H67N7O10. The number of nitrogens with one attached hydrogen (secondary N) is 1. The summed E-state index contributed by atoms with van der Waals surface area (Å²) < 4.78 is 23.1. The summed E-state index contributed by atoms with van der Waals surface area (Å²) in [6.07, 6.45) is 4.05. The number of aryl methyl sites for hydroxylation is 2. The number of hydrogen-bond donors (Lipinski definition) is 1. The van der Waals surface area contributed by atoms with Crippen LogP contribution in [0.4, 0.5) is 15.3 Å². The van der Waals surface area contributed by atoms with E-state index >= 15 is 0 Å². The van der Waals surface area contributed by atoms with Gasteiger partial charge in [0.15, 0.2) is 11.7 Å². The first-order valence-electron chi connectivity index (χ1n) is 23.6. The van der Waals surface area contributed by atoms with Crippen LogP contribution in [0.15, 0.2) is 45.6 Å². The van der Waals surface area contributed by atoms with Gasteiger partial charge in [-0.3, -0.25) is 19.0 Å². The molecule has 0 spiro atoms. The monoisotopic (exact) mass is 901 g/mol. The van der Waals surface area contributed by atoms with Crippen molar-refractivity contribution in [2.24, 2.45) is 18.9 Å². The minimum Gasteiger partial charge on any atom is -0.466 e. The molecule has 0 aliphatic carbocycles. The Morgan fingerprint density at radius 2 is 1.45 bits per heavy atom. The molecule has 0 radical (unpaired) electrons. The Labute approximate surface area is 381 Å². The molecule has 0 unspecified atom stereocenters. The van der Waals surface area contributed by atoms with Gasteiger partial charge in [-0.25, -0.2) is 14.4 Å². The molecule has 5 aliphatic rings. The number of rotatable bonds is 10. The Kier molecular flexibility index (Phi) is 16.2. The number of benzene rings is 2. The second-order valence-electron chi connectivity index (χ2n) is 18.1. The molecule has 8 rings (SSSR count). The Morgan fingerprint density at radius 3 is 2.09 bits per heavy atom. The van der Waals surface area contributed by atoms with E-state index in [-0.39, 0.29) is 49.1 Å². The van der Waals surface area contributed by atoms with Crippen molar-refractivity contribution in [3.63, 3.8) is 0 Å². The average Bonchev–Trinajstić information content (AvgIpc) is 3.49. The first-order valence-corrected chi connectivity index (χ1v) is 23.6. The van der Waals surface area contributed by atoms with Gasteiger partial charge in [0.25, 0.3) is 5.91 Å². The third kappa shape index (κ3) is 12.1. The fourth-order valence-electron chi connectivity index (χ4n) is 10.1. The van der Waals surface area contributed by atoms with Crippen LogP contribution >= 0.6 is 0 Å². The van der Waals surface area contributed by atoms with Crippen molar-refractivity contribution in [3.8, 4) is 0 Å². The molecule has 17 nitrogen and oxygen atoms in total. The number of likely N-dealkylation sites (N-methyl/N-ethyl adjacent to an activating group) is 1. The molecule has 5 aliphatic heterocycles. The van der Waals surface area contributed by atoms with Crippen LogP contribution in [0, 0.1) is 18.8 Å². The van der Waals surface area contributed by atoms with Crippen molar-refractivity contribution in [1.82, 2.24) is 29.1 Å². The number of para-hydroxylation sites is 1. The highest BCUT2D eigenvalue weighted by atomic mass is 16.6. The number of esters is 1. The lowest BCUT2D eigenvalue weighted by atomic mass is 9.78. The molecule has 4 fully saturated rings. The fraction of sp³-hybridized carbons (Fsp3) is 0.625. The van der Waals surface area contributed by atoms with E-state index in [2.05, 4.69) is 17.3 Å². The third-order valence-corrected chi connectivity index (χ3v) is 13.9. The van der Waals surface area contributed by atoms with Gasteiger partial charge in [-0.2, -0.15) is 0 Å². The summed E-state index contributed by atoms with van der Waals surface area (Å²) in [5, 5.41) is 3.04. The molecule has 1 N–H and O–H groups in total. The number of carbonyl (C=O) groups is 5. The van der Waals surface area contributed by atoms with E-state index in [4.69, 9.17) is 18.6 Å². The first kappa shape index (κ1) is 47.5. The number of morpholine rings is 1. The number of ether oxygens (including phenoxy) is 3. The summed E-state index contributed by atoms with van der Waals surface area (Å²) >= 11 is 0. The number of fused-ring (bicyclic) bond motifs is 2. The SMILES string of the molecule is CCOC(=O)CCC(=O)N1CCC(C2CCN(C(=O)[C@@H](Cc3cc(C)c4c(c3)oc(=O)n4C)OC(=O)N3CCC(N4CCc5ccccc5NC4=O)CC3)CC2)CC1.CN1CCOCC1. The number of hydrogen-bond acceptors (Lipinski definition) is 11. The van der Waals surface area contributed by atoms with E-state index in [1.54, 1.807) is 29.8 Å². The topological polar surface area (TPSA) is 176 Å². The molecule has 5 amide bonds. The highest BCUT2D eigenvalue weighted by Crippen LogP contribution is 2.34. The number of nitrogens with zero attached hydrogens (tertiary/aromatic N) is 6. The maximum atomic E-state index is 14.3. The zero-order chi connectivity index (χ0) is 46.0. The van der Waals surface area contributed by atoms with Crippen molar-refractivity contribution in [3.05, 3.63) is 63.6 Å². The molecule has 0 bridgehead atoms. The van der Waals surface area contributed by atoms with Gasteiger partial charge in [0, 0.05) is 90.5 Å². The molecule has 17 heteroatoms. The van der Waals surface area contributed by atoms with Crippen LogP contribution in [0.5, 0.6) is 0 Å². The van der Waals surface area contributed by atoms with Gasteiger partial charge >= 0.3 is 23.8 Å². The lowest BCUT2D eigenvalue weighted by molar-refractivity contribution is -0.146. The van der Waals surface area contributed by atoms with E-state index < -0.39 is 18.0 Å². The van der Waals surface area contributed by atoms with Crippen LogP contribution in [-0.2, 0) is 48.5 Å². The Hall–Kier alpha value is -5.42.